The maximum Gasteiger partial charge on any atom is 0.330 e. The Bertz CT molecular complexity index is 626. The fourth-order valence-electron chi connectivity index (χ4n) is 1.73. The van der Waals surface area contributed by atoms with Crippen molar-refractivity contribution in [3.05, 3.63) is 27.7 Å². The molecule has 2 rings (SSSR count). The first-order chi connectivity index (χ1) is 9.99. The van der Waals surface area contributed by atoms with Crippen LogP contribution in [0.15, 0.2) is 16.6 Å². The van der Waals surface area contributed by atoms with Crippen molar-refractivity contribution < 1.29 is 9.47 Å². The smallest absolute Gasteiger partial charge is 0.330 e. The number of aryl methyl sites for hydroxylation is 2. The van der Waals surface area contributed by atoms with Crippen LogP contribution in [0.5, 0.6) is 17.8 Å². The van der Waals surface area contributed by atoms with Crippen LogP contribution in [0.3, 0.4) is 0 Å². The highest BCUT2D eigenvalue weighted by Gasteiger charge is 2.09. The molecule has 112 valence electrons. The van der Waals surface area contributed by atoms with Crippen molar-refractivity contribution >= 4 is 21.9 Å². The summed E-state index contributed by atoms with van der Waals surface area (Å²) in [5, 5.41) is 0. The Morgan fingerprint density at radius 1 is 1.10 bits per heavy atom. The molecule has 6 nitrogen and oxygen atoms in total. The van der Waals surface area contributed by atoms with Gasteiger partial charge >= 0.3 is 12.0 Å². The number of halogens is 1. The van der Waals surface area contributed by atoms with E-state index in [0.29, 0.717) is 12.4 Å². The van der Waals surface area contributed by atoms with E-state index in [4.69, 9.17) is 15.2 Å². The molecule has 0 saturated carbocycles. The van der Waals surface area contributed by atoms with Gasteiger partial charge < -0.3 is 15.2 Å². The predicted octanol–water partition coefficient (Wildman–Crippen LogP) is 3.41. The van der Waals surface area contributed by atoms with Gasteiger partial charge in [-0.25, -0.2) is 0 Å². The molecule has 0 fully saturated rings. The van der Waals surface area contributed by atoms with Gasteiger partial charge in [-0.05, 0) is 43.5 Å². The fraction of sp³-hybridized carbons (Fsp3) is 0.357. The molecule has 0 spiro atoms. The number of ether oxygens (including phenoxy) is 2. The van der Waals surface area contributed by atoms with E-state index < -0.39 is 0 Å². The lowest BCUT2D eigenvalue weighted by molar-refractivity contribution is 0.285. The van der Waals surface area contributed by atoms with Crippen molar-refractivity contribution in [3.63, 3.8) is 0 Å². The monoisotopic (exact) mass is 352 g/mol. The lowest BCUT2D eigenvalue weighted by Gasteiger charge is -2.09. The number of aromatic nitrogens is 3. The molecule has 0 aliphatic heterocycles. The number of nitrogens with two attached hydrogens (primary N) is 1. The summed E-state index contributed by atoms with van der Waals surface area (Å²) in [5.41, 5.74) is 7.77. The number of nitrogen functional groups attached to an aromatic ring is 1. The third-order valence-electron chi connectivity index (χ3n) is 2.67. The molecule has 2 aromatic rings. The highest BCUT2D eigenvalue weighted by Crippen LogP contribution is 2.28. The Kier molecular flexibility index (Phi) is 4.95. The van der Waals surface area contributed by atoms with Crippen molar-refractivity contribution in [1.82, 2.24) is 15.0 Å². The zero-order valence-electron chi connectivity index (χ0n) is 12.2. The topological polar surface area (TPSA) is 83.2 Å². The minimum absolute atomic E-state index is 0.0664. The average molecular weight is 353 g/mol. The highest BCUT2D eigenvalue weighted by atomic mass is 79.9. The number of hydrogen-bond acceptors (Lipinski definition) is 6. The number of hydrogen-bond donors (Lipinski definition) is 1. The highest BCUT2D eigenvalue weighted by molar-refractivity contribution is 9.10. The number of nitrogens with zero attached hydrogens (tertiary/aromatic N) is 3. The summed E-state index contributed by atoms with van der Waals surface area (Å²) in [5.74, 6) is 0.705. The van der Waals surface area contributed by atoms with Gasteiger partial charge in [-0.15, -0.1) is 4.98 Å². The van der Waals surface area contributed by atoms with E-state index in [9.17, 15) is 0 Å². The Labute approximate surface area is 131 Å². The molecular formula is C14H17BrN4O2. The van der Waals surface area contributed by atoms with Gasteiger partial charge in [0.2, 0.25) is 5.95 Å². The van der Waals surface area contributed by atoms with E-state index >= 15 is 0 Å². The average Bonchev–Trinajstić information content (AvgIpc) is 2.42. The summed E-state index contributed by atoms with van der Waals surface area (Å²) in [4.78, 5) is 12.0. The summed E-state index contributed by atoms with van der Waals surface area (Å²) in [6.45, 7) is 6.48. The summed E-state index contributed by atoms with van der Waals surface area (Å²) < 4.78 is 12.1. The second-order valence-corrected chi connectivity index (χ2v) is 5.37. The Hall–Kier alpha value is -1.89. The number of benzene rings is 1. The van der Waals surface area contributed by atoms with Crippen LogP contribution >= 0.6 is 15.9 Å². The second kappa shape index (κ2) is 6.71. The summed E-state index contributed by atoms with van der Waals surface area (Å²) in [7, 11) is 0. The standard InChI is InChI=1S/C14H17BrN4O2/c1-4-5-20-13-17-12(16)18-14(19-13)21-10-6-8(2)11(15)9(3)7-10/h6-7H,4-5H2,1-3H3,(H2,16,17,18,19). The predicted molar refractivity (Wildman–Crippen MR) is 83.7 cm³/mol. The first-order valence-corrected chi connectivity index (χ1v) is 7.38. The maximum absolute atomic E-state index is 5.65. The Morgan fingerprint density at radius 2 is 1.71 bits per heavy atom. The van der Waals surface area contributed by atoms with Crippen LogP contribution in [0.1, 0.15) is 24.5 Å². The van der Waals surface area contributed by atoms with Crippen molar-refractivity contribution in [2.45, 2.75) is 27.2 Å². The van der Waals surface area contributed by atoms with Crippen LogP contribution in [-0.4, -0.2) is 21.6 Å². The first kappa shape index (κ1) is 15.5. The van der Waals surface area contributed by atoms with Crippen molar-refractivity contribution in [1.29, 1.82) is 0 Å². The number of anilines is 1. The third-order valence-corrected chi connectivity index (χ3v) is 3.92. The molecule has 0 bridgehead atoms. The van der Waals surface area contributed by atoms with Gasteiger partial charge in [-0.3, -0.25) is 0 Å². The van der Waals surface area contributed by atoms with Gasteiger partial charge in [0.1, 0.15) is 5.75 Å². The normalized spacial score (nSPS) is 10.5. The van der Waals surface area contributed by atoms with Crippen LogP contribution in [0.2, 0.25) is 0 Å². The molecule has 0 unspecified atom stereocenters. The van der Waals surface area contributed by atoms with Crippen LogP contribution in [0, 0.1) is 13.8 Å². The van der Waals surface area contributed by atoms with Gasteiger partial charge in [0.25, 0.3) is 0 Å². The minimum Gasteiger partial charge on any atom is -0.463 e. The second-order valence-electron chi connectivity index (χ2n) is 4.58. The Balaban J connectivity index is 2.24. The molecule has 0 amide bonds. The number of rotatable bonds is 5. The van der Waals surface area contributed by atoms with E-state index in [0.717, 1.165) is 22.0 Å². The molecule has 0 radical (unpaired) electrons. The molecule has 2 N–H and O–H groups in total. The molecule has 1 aromatic heterocycles. The van der Waals surface area contributed by atoms with Gasteiger partial charge in [0.15, 0.2) is 0 Å². The van der Waals surface area contributed by atoms with Crippen molar-refractivity contribution in [2.75, 3.05) is 12.3 Å². The van der Waals surface area contributed by atoms with Crippen LogP contribution in [0.25, 0.3) is 0 Å². The fourth-order valence-corrected chi connectivity index (χ4v) is 1.96. The first-order valence-electron chi connectivity index (χ1n) is 6.58. The van der Waals surface area contributed by atoms with E-state index in [1.54, 1.807) is 0 Å². The molecule has 1 aromatic carbocycles. The lowest BCUT2D eigenvalue weighted by atomic mass is 10.1. The van der Waals surface area contributed by atoms with E-state index in [1.165, 1.54) is 0 Å². The quantitative estimate of drug-likeness (QED) is 0.887. The minimum atomic E-state index is 0.0664. The lowest BCUT2D eigenvalue weighted by Crippen LogP contribution is -2.05. The van der Waals surface area contributed by atoms with Gasteiger partial charge in [-0.2, -0.15) is 9.97 Å². The maximum atomic E-state index is 5.65. The largest absolute Gasteiger partial charge is 0.463 e. The van der Waals surface area contributed by atoms with Crippen molar-refractivity contribution in [2.24, 2.45) is 0 Å². The van der Waals surface area contributed by atoms with E-state index in [-0.39, 0.29) is 18.0 Å². The third kappa shape index (κ3) is 4.04. The van der Waals surface area contributed by atoms with Crippen LogP contribution < -0.4 is 15.2 Å². The molecule has 7 heteroatoms. The molecular weight excluding hydrogens is 336 g/mol. The van der Waals surface area contributed by atoms with Crippen molar-refractivity contribution in [3.8, 4) is 17.8 Å². The molecule has 0 saturated heterocycles. The van der Waals surface area contributed by atoms with Gasteiger partial charge in [-0.1, -0.05) is 22.9 Å². The Morgan fingerprint density at radius 3 is 2.33 bits per heavy atom. The van der Waals surface area contributed by atoms with Gasteiger partial charge in [0.05, 0.1) is 6.61 Å². The molecule has 0 aliphatic carbocycles. The SMILES string of the molecule is CCCOc1nc(N)nc(Oc2cc(C)c(Br)c(C)c2)n1. The summed E-state index contributed by atoms with van der Waals surface area (Å²) in [6.07, 6.45) is 0.854. The van der Waals surface area contributed by atoms with Crippen LogP contribution in [-0.2, 0) is 0 Å². The van der Waals surface area contributed by atoms with Crippen LogP contribution in [0.4, 0.5) is 5.95 Å². The van der Waals surface area contributed by atoms with E-state index in [1.807, 2.05) is 32.9 Å². The molecule has 1 heterocycles. The molecule has 0 aliphatic rings. The summed E-state index contributed by atoms with van der Waals surface area (Å²) in [6, 6.07) is 4.08. The summed E-state index contributed by atoms with van der Waals surface area (Å²) >= 11 is 3.51. The zero-order chi connectivity index (χ0) is 15.4. The van der Waals surface area contributed by atoms with Gasteiger partial charge in [0, 0.05) is 4.47 Å². The zero-order valence-corrected chi connectivity index (χ0v) is 13.8. The molecule has 21 heavy (non-hydrogen) atoms. The van der Waals surface area contributed by atoms with E-state index in [2.05, 4.69) is 30.9 Å². The molecule has 0 atom stereocenters.